The maximum Gasteiger partial charge on any atom is 0.254 e. The molecule has 0 aliphatic carbocycles. The minimum Gasteiger partial charge on any atom is -0.355 e. The molecule has 0 saturated carbocycles. The van der Waals surface area contributed by atoms with E-state index in [1.165, 1.54) is 30.5 Å². The average molecular weight is 366 g/mol. The van der Waals surface area contributed by atoms with Crippen LogP contribution < -0.4 is 10.6 Å². The first-order valence-electron chi connectivity index (χ1n) is 7.31. The van der Waals surface area contributed by atoms with Crippen molar-refractivity contribution in [2.75, 3.05) is 18.1 Å². The first kappa shape index (κ1) is 18.2. The molecule has 8 heteroatoms. The van der Waals surface area contributed by atoms with E-state index in [0.717, 1.165) is 0 Å². The van der Waals surface area contributed by atoms with Crippen molar-refractivity contribution in [3.63, 3.8) is 0 Å². The highest BCUT2D eigenvalue weighted by molar-refractivity contribution is 7.91. The van der Waals surface area contributed by atoms with Gasteiger partial charge in [-0.15, -0.1) is 11.3 Å². The Morgan fingerprint density at radius 3 is 2.50 bits per heavy atom. The summed E-state index contributed by atoms with van der Waals surface area (Å²) in [6, 6.07) is 9.78. The van der Waals surface area contributed by atoms with Crippen LogP contribution in [0.25, 0.3) is 0 Å². The Balaban J connectivity index is 1.88. The Bertz CT molecular complexity index is 814. The van der Waals surface area contributed by atoms with E-state index in [4.69, 9.17) is 0 Å². The van der Waals surface area contributed by atoms with Crippen LogP contribution in [-0.2, 0) is 14.6 Å². The predicted octanol–water partition coefficient (Wildman–Crippen LogP) is 2.30. The van der Waals surface area contributed by atoms with Crippen molar-refractivity contribution in [2.45, 2.75) is 17.7 Å². The van der Waals surface area contributed by atoms with Gasteiger partial charge in [-0.2, -0.15) is 0 Å². The van der Waals surface area contributed by atoms with Crippen molar-refractivity contribution in [2.24, 2.45) is 0 Å². The van der Waals surface area contributed by atoms with Crippen molar-refractivity contribution < 1.29 is 18.0 Å². The number of carbonyl (C=O) groups excluding carboxylic acids is 2. The minimum absolute atomic E-state index is 0.0666. The molecule has 0 aliphatic heterocycles. The number of anilines is 1. The fraction of sp³-hybridized carbons (Fsp3) is 0.250. The number of carbonyl (C=O) groups is 2. The summed E-state index contributed by atoms with van der Waals surface area (Å²) in [6.45, 7) is 0. The van der Waals surface area contributed by atoms with Crippen molar-refractivity contribution in [3.05, 3.63) is 47.3 Å². The molecule has 2 N–H and O–H groups in total. The molecule has 0 aliphatic rings. The van der Waals surface area contributed by atoms with Gasteiger partial charge in [-0.05, 0) is 30.0 Å². The molecule has 1 aromatic heterocycles. The molecule has 1 aromatic carbocycles. The second kappa shape index (κ2) is 8.07. The van der Waals surface area contributed by atoms with E-state index in [1.807, 2.05) is 0 Å². The van der Waals surface area contributed by atoms with Gasteiger partial charge in [-0.3, -0.25) is 9.59 Å². The van der Waals surface area contributed by atoms with E-state index in [2.05, 4.69) is 10.6 Å². The van der Waals surface area contributed by atoms with Gasteiger partial charge in [-0.25, -0.2) is 8.42 Å². The molecule has 0 radical (unpaired) electrons. The number of rotatable bonds is 7. The van der Waals surface area contributed by atoms with Crippen molar-refractivity contribution in [1.82, 2.24) is 5.32 Å². The summed E-state index contributed by atoms with van der Waals surface area (Å²) < 4.78 is 24.3. The monoisotopic (exact) mass is 366 g/mol. The van der Waals surface area contributed by atoms with E-state index in [-0.39, 0.29) is 35.3 Å². The first-order valence-corrected chi connectivity index (χ1v) is 9.84. The second-order valence-electron chi connectivity index (χ2n) is 5.03. The third kappa shape index (κ3) is 4.65. The summed E-state index contributed by atoms with van der Waals surface area (Å²) in [7, 11) is -1.87. The number of benzene rings is 1. The van der Waals surface area contributed by atoms with Gasteiger partial charge in [0.15, 0.2) is 9.84 Å². The van der Waals surface area contributed by atoms with Crippen LogP contribution >= 0.6 is 11.3 Å². The molecule has 2 rings (SSSR count). The molecule has 1 heterocycles. The van der Waals surface area contributed by atoms with Crippen molar-refractivity contribution in [3.8, 4) is 0 Å². The van der Waals surface area contributed by atoms with Gasteiger partial charge < -0.3 is 10.6 Å². The maximum absolute atomic E-state index is 12.1. The van der Waals surface area contributed by atoms with E-state index in [1.54, 1.807) is 29.6 Å². The fourth-order valence-corrected chi connectivity index (χ4v) is 4.21. The molecule has 0 fully saturated rings. The lowest BCUT2D eigenvalue weighted by Crippen LogP contribution is -2.20. The molecule has 128 valence electrons. The van der Waals surface area contributed by atoms with Gasteiger partial charge in [0.1, 0.15) is 5.00 Å². The van der Waals surface area contributed by atoms with Gasteiger partial charge in [0.2, 0.25) is 5.91 Å². The molecule has 0 atom stereocenters. The SMILES string of the molecule is CNC(=O)c1ccsc1NC(=O)CCCS(=O)(=O)c1ccccc1. The highest BCUT2D eigenvalue weighted by Crippen LogP contribution is 2.23. The van der Waals surface area contributed by atoms with Crippen LogP contribution in [0, 0.1) is 0 Å². The molecule has 6 nitrogen and oxygen atoms in total. The first-order chi connectivity index (χ1) is 11.4. The van der Waals surface area contributed by atoms with Crippen molar-refractivity contribution in [1.29, 1.82) is 0 Å². The number of hydrogen-bond acceptors (Lipinski definition) is 5. The van der Waals surface area contributed by atoms with Crippen LogP contribution in [0.1, 0.15) is 23.2 Å². The van der Waals surface area contributed by atoms with E-state index >= 15 is 0 Å². The van der Waals surface area contributed by atoms with E-state index in [0.29, 0.717) is 10.6 Å². The molecule has 2 amide bonds. The third-order valence-electron chi connectivity index (χ3n) is 3.31. The molecule has 0 spiro atoms. The second-order valence-corrected chi connectivity index (χ2v) is 8.05. The zero-order valence-electron chi connectivity index (χ0n) is 13.1. The molecular weight excluding hydrogens is 348 g/mol. The Hall–Kier alpha value is -2.19. The summed E-state index contributed by atoms with van der Waals surface area (Å²) in [4.78, 5) is 23.9. The van der Waals surface area contributed by atoms with Gasteiger partial charge in [-0.1, -0.05) is 18.2 Å². The lowest BCUT2D eigenvalue weighted by Gasteiger charge is -2.06. The summed E-state index contributed by atoms with van der Waals surface area (Å²) in [5.74, 6) is -0.693. The zero-order valence-corrected chi connectivity index (χ0v) is 14.7. The third-order valence-corrected chi connectivity index (χ3v) is 5.96. The summed E-state index contributed by atoms with van der Waals surface area (Å²) in [5.41, 5.74) is 0.396. The maximum atomic E-state index is 12.1. The smallest absolute Gasteiger partial charge is 0.254 e. The van der Waals surface area contributed by atoms with Crippen molar-refractivity contribution >= 4 is 38.0 Å². The van der Waals surface area contributed by atoms with Crippen LogP contribution in [0.5, 0.6) is 0 Å². The van der Waals surface area contributed by atoms with E-state index in [9.17, 15) is 18.0 Å². The molecular formula is C16H18N2O4S2. The fourth-order valence-electron chi connectivity index (χ4n) is 2.08. The average Bonchev–Trinajstić information content (AvgIpc) is 3.02. The predicted molar refractivity (Wildman–Crippen MR) is 94.1 cm³/mol. The lowest BCUT2D eigenvalue weighted by molar-refractivity contribution is -0.116. The minimum atomic E-state index is -3.39. The topological polar surface area (TPSA) is 92.3 Å². The Kier molecular flexibility index (Phi) is 6.10. The zero-order chi connectivity index (χ0) is 17.6. The number of sulfone groups is 1. The summed E-state index contributed by atoms with van der Waals surface area (Å²) in [6.07, 6.45) is 0.279. The van der Waals surface area contributed by atoms with Gasteiger partial charge in [0.25, 0.3) is 5.91 Å². The number of nitrogens with one attached hydrogen (secondary N) is 2. The van der Waals surface area contributed by atoms with Gasteiger partial charge in [0.05, 0.1) is 16.2 Å². The summed E-state index contributed by atoms with van der Waals surface area (Å²) >= 11 is 1.25. The number of hydrogen-bond donors (Lipinski definition) is 2. The van der Waals surface area contributed by atoms with Gasteiger partial charge >= 0.3 is 0 Å². The highest BCUT2D eigenvalue weighted by atomic mass is 32.2. The Morgan fingerprint density at radius 1 is 1.12 bits per heavy atom. The Morgan fingerprint density at radius 2 is 1.83 bits per heavy atom. The standard InChI is InChI=1S/C16H18N2O4S2/c1-17-15(20)13-9-10-23-16(13)18-14(19)8-5-11-24(21,22)12-6-3-2-4-7-12/h2-4,6-7,9-10H,5,8,11H2,1H3,(H,17,20)(H,18,19). The highest BCUT2D eigenvalue weighted by Gasteiger charge is 2.16. The Labute approximate surface area is 144 Å². The molecule has 0 bridgehead atoms. The molecule has 2 aromatic rings. The van der Waals surface area contributed by atoms with Crippen LogP contribution in [0.15, 0.2) is 46.7 Å². The normalized spacial score (nSPS) is 11.0. The van der Waals surface area contributed by atoms with Crippen LogP contribution in [0.3, 0.4) is 0 Å². The van der Waals surface area contributed by atoms with Crippen LogP contribution in [-0.4, -0.2) is 33.0 Å². The molecule has 0 saturated heterocycles. The van der Waals surface area contributed by atoms with Gasteiger partial charge in [0, 0.05) is 13.5 Å². The molecule has 24 heavy (non-hydrogen) atoms. The lowest BCUT2D eigenvalue weighted by atomic mass is 10.3. The quantitative estimate of drug-likeness (QED) is 0.786. The van der Waals surface area contributed by atoms with Crippen LogP contribution in [0.4, 0.5) is 5.00 Å². The summed E-state index contributed by atoms with van der Waals surface area (Å²) in [5, 5.41) is 7.33. The molecule has 0 unspecified atom stereocenters. The number of amides is 2. The largest absolute Gasteiger partial charge is 0.355 e. The van der Waals surface area contributed by atoms with Crippen LogP contribution in [0.2, 0.25) is 0 Å². The van der Waals surface area contributed by atoms with E-state index < -0.39 is 9.84 Å². The number of thiophene rings is 1.